The number of rotatable bonds is 7. The largest absolute Gasteiger partial charge is 0.503 e. The third-order valence-corrected chi connectivity index (χ3v) is 7.10. The van der Waals surface area contributed by atoms with E-state index < -0.39 is 11.2 Å². The van der Waals surface area contributed by atoms with Gasteiger partial charge in [-0.15, -0.1) is 10.2 Å². The number of pyridine rings is 1. The molecule has 0 spiro atoms. The fourth-order valence-corrected chi connectivity index (χ4v) is 5.32. The average Bonchev–Trinajstić information content (AvgIpc) is 3.26. The molecule has 1 amide bonds. The Morgan fingerprint density at radius 1 is 1.21 bits per heavy atom. The van der Waals surface area contributed by atoms with E-state index in [0.717, 1.165) is 5.56 Å². The minimum absolute atomic E-state index is 0.0142. The number of nitrogens with zero attached hydrogens (tertiary/aromatic N) is 4. The fraction of sp³-hybridized carbons (Fsp3) is 0.417. The maximum atomic E-state index is 13.3. The quantitative estimate of drug-likeness (QED) is 0.548. The normalized spacial score (nSPS) is 17.9. The van der Waals surface area contributed by atoms with E-state index in [1.54, 1.807) is 34.9 Å². The fourth-order valence-electron chi connectivity index (χ4n) is 4.44. The minimum atomic E-state index is -0.657. The third kappa shape index (κ3) is 4.35. The van der Waals surface area contributed by atoms with Gasteiger partial charge in [0.25, 0.3) is 5.91 Å². The number of fused-ring (bicyclic) bond motifs is 1. The Labute approximate surface area is 200 Å². The molecular formula is C24H27FN4O4S. The summed E-state index contributed by atoms with van der Waals surface area (Å²) in [6.45, 7) is 6.25. The first-order valence-corrected chi connectivity index (χ1v) is 11.9. The second kappa shape index (κ2) is 9.63. The molecule has 0 bridgehead atoms. The molecule has 0 fully saturated rings. The molecule has 0 saturated carbocycles. The Bertz CT molecular complexity index is 1250. The highest BCUT2D eigenvalue weighted by Gasteiger charge is 2.41. The Morgan fingerprint density at radius 3 is 2.56 bits per heavy atom. The summed E-state index contributed by atoms with van der Waals surface area (Å²) < 4.78 is 20.1. The molecule has 1 aliphatic rings. The van der Waals surface area contributed by atoms with E-state index in [1.807, 2.05) is 20.8 Å². The summed E-state index contributed by atoms with van der Waals surface area (Å²) in [6, 6.07) is 5.61. The summed E-state index contributed by atoms with van der Waals surface area (Å²) in [7, 11) is 1.61. The van der Waals surface area contributed by atoms with Crippen LogP contribution in [0.4, 0.5) is 4.39 Å². The van der Waals surface area contributed by atoms with Crippen LogP contribution in [0.15, 0.2) is 35.3 Å². The van der Waals surface area contributed by atoms with Gasteiger partial charge >= 0.3 is 0 Å². The van der Waals surface area contributed by atoms with Crippen molar-refractivity contribution in [1.82, 2.24) is 19.7 Å². The molecule has 2 aromatic heterocycles. The molecule has 3 heterocycles. The number of ether oxygens (including phenoxy) is 1. The van der Waals surface area contributed by atoms with E-state index in [-0.39, 0.29) is 41.1 Å². The second-order valence-corrected chi connectivity index (χ2v) is 9.74. The lowest BCUT2D eigenvalue weighted by Crippen LogP contribution is -2.54. The zero-order valence-electron chi connectivity index (χ0n) is 19.5. The predicted octanol–water partition coefficient (Wildman–Crippen LogP) is 3.63. The Hall–Kier alpha value is -3.11. The molecule has 1 N–H and O–H groups in total. The molecule has 4 rings (SSSR count). The summed E-state index contributed by atoms with van der Waals surface area (Å²) in [5.74, 6) is -1.28. The molecule has 2 atom stereocenters. The van der Waals surface area contributed by atoms with Gasteiger partial charge < -0.3 is 19.3 Å². The highest BCUT2D eigenvalue weighted by atomic mass is 32.1. The molecule has 10 heteroatoms. The monoisotopic (exact) mass is 486 g/mol. The van der Waals surface area contributed by atoms with E-state index in [0.29, 0.717) is 29.5 Å². The molecular weight excluding hydrogens is 459 g/mol. The average molecular weight is 487 g/mol. The molecule has 0 radical (unpaired) electrons. The van der Waals surface area contributed by atoms with Gasteiger partial charge in [0, 0.05) is 32.4 Å². The Balaban J connectivity index is 1.74. The molecule has 1 aliphatic heterocycles. The predicted molar refractivity (Wildman–Crippen MR) is 127 cm³/mol. The number of aromatic hydroxyl groups is 1. The summed E-state index contributed by atoms with van der Waals surface area (Å²) >= 11 is 1.22. The number of aromatic nitrogens is 3. The number of carbonyl (C=O) groups is 1. The van der Waals surface area contributed by atoms with Gasteiger partial charge in [-0.1, -0.05) is 23.5 Å². The van der Waals surface area contributed by atoms with Gasteiger partial charge in [-0.2, -0.15) is 0 Å². The van der Waals surface area contributed by atoms with Crippen LogP contribution in [0.3, 0.4) is 0 Å². The van der Waals surface area contributed by atoms with Crippen molar-refractivity contribution in [1.29, 1.82) is 0 Å². The zero-order valence-corrected chi connectivity index (χ0v) is 20.3. The Morgan fingerprint density at radius 2 is 1.91 bits per heavy atom. The minimum Gasteiger partial charge on any atom is -0.503 e. The maximum Gasteiger partial charge on any atom is 0.275 e. The molecule has 1 aromatic carbocycles. The number of hydrogen-bond donors (Lipinski definition) is 1. The first-order valence-electron chi connectivity index (χ1n) is 11.1. The smallest absolute Gasteiger partial charge is 0.275 e. The summed E-state index contributed by atoms with van der Waals surface area (Å²) in [4.78, 5) is 28.1. The van der Waals surface area contributed by atoms with Crippen molar-refractivity contribution in [2.24, 2.45) is 0 Å². The number of amides is 1. The van der Waals surface area contributed by atoms with Gasteiger partial charge in [0.1, 0.15) is 10.8 Å². The van der Waals surface area contributed by atoms with E-state index in [9.17, 15) is 19.1 Å². The van der Waals surface area contributed by atoms with Crippen molar-refractivity contribution in [2.75, 3.05) is 13.7 Å². The molecule has 0 aliphatic carbocycles. The molecule has 3 aromatic rings. The lowest BCUT2D eigenvalue weighted by atomic mass is 9.96. The van der Waals surface area contributed by atoms with Crippen LogP contribution in [0, 0.1) is 5.82 Å². The molecule has 0 saturated heterocycles. The van der Waals surface area contributed by atoms with Crippen molar-refractivity contribution >= 4 is 17.2 Å². The topological polar surface area (TPSA) is 97.5 Å². The van der Waals surface area contributed by atoms with E-state index in [1.165, 1.54) is 23.5 Å². The lowest BCUT2D eigenvalue weighted by molar-refractivity contribution is 0.0357. The molecule has 180 valence electrons. The first kappa shape index (κ1) is 24.0. The zero-order chi connectivity index (χ0) is 24.6. The molecule has 2 unspecified atom stereocenters. The van der Waals surface area contributed by atoms with E-state index >= 15 is 0 Å². The van der Waals surface area contributed by atoms with Gasteiger partial charge in [-0.3, -0.25) is 9.59 Å². The Kier molecular flexibility index (Phi) is 6.81. The summed E-state index contributed by atoms with van der Waals surface area (Å²) in [6.07, 6.45) is 2.65. The third-order valence-electron chi connectivity index (χ3n) is 6.14. The van der Waals surface area contributed by atoms with Crippen molar-refractivity contribution in [2.45, 2.75) is 51.7 Å². The van der Waals surface area contributed by atoms with Crippen LogP contribution in [0.2, 0.25) is 0 Å². The first-order chi connectivity index (χ1) is 16.2. The standard InChI is InChI=1S/C24H27FN4O4S/c1-13(2)29-18(9-10-33-4)14(3)28-12-17(21(30)22(31)20(28)24(29)32)23-27-26-19(34-23)11-15-5-7-16(25)8-6-15/h5-8,12-14,18,31H,9-11H2,1-4H3. The van der Waals surface area contributed by atoms with Crippen LogP contribution in [0.5, 0.6) is 5.75 Å². The van der Waals surface area contributed by atoms with Crippen molar-refractivity contribution in [3.05, 3.63) is 62.8 Å². The number of carbonyl (C=O) groups excluding carboxylic acids is 1. The summed E-state index contributed by atoms with van der Waals surface area (Å²) in [5, 5.41) is 20.2. The number of benzene rings is 1. The van der Waals surface area contributed by atoms with Crippen LogP contribution in [0.25, 0.3) is 10.6 Å². The number of methoxy groups -OCH3 is 1. The van der Waals surface area contributed by atoms with Crippen LogP contribution >= 0.6 is 11.3 Å². The maximum absolute atomic E-state index is 13.3. The SMILES string of the molecule is COCCC1C(C)n2cc(-c3nnc(Cc4ccc(F)cc4)s3)c(=O)c(O)c2C(=O)N1C(C)C. The van der Waals surface area contributed by atoms with Crippen molar-refractivity contribution in [3.8, 4) is 16.3 Å². The van der Waals surface area contributed by atoms with E-state index in [4.69, 9.17) is 4.74 Å². The highest BCUT2D eigenvalue weighted by Crippen LogP contribution is 2.35. The number of halogens is 1. The number of hydrogen-bond acceptors (Lipinski definition) is 7. The van der Waals surface area contributed by atoms with Crippen LogP contribution < -0.4 is 5.43 Å². The van der Waals surface area contributed by atoms with Crippen LogP contribution in [-0.2, 0) is 11.2 Å². The lowest BCUT2D eigenvalue weighted by Gasteiger charge is -2.44. The van der Waals surface area contributed by atoms with Gasteiger partial charge in [0.05, 0.1) is 17.6 Å². The van der Waals surface area contributed by atoms with Crippen LogP contribution in [0.1, 0.15) is 54.3 Å². The highest BCUT2D eigenvalue weighted by molar-refractivity contribution is 7.14. The second-order valence-electron chi connectivity index (χ2n) is 8.68. The van der Waals surface area contributed by atoms with E-state index in [2.05, 4.69) is 10.2 Å². The summed E-state index contributed by atoms with van der Waals surface area (Å²) in [5.41, 5.74) is 0.380. The van der Waals surface area contributed by atoms with Gasteiger partial charge in [-0.05, 0) is 44.9 Å². The van der Waals surface area contributed by atoms with Gasteiger partial charge in [-0.25, -0.2) is 4.39 Å². The van der Waals surface area contributed by atoms with Gasteiger partial charge in [0.2, 0.25) is 5.43 Å². The van der Waals surface area contributed by atoms with Crippen molar-refractivity contribution < 1.29 is 19.0 Å². The molecule has 8 nitrogen and oxygen atoms in total. The van der Waals surface area contributed by atoms with Gasteiger partial charge in [0.15, 0.2) is 16.5 Å². The van der Waals surface area contributed by atoms with Crippen LogP contribution in [-0.4, -0.2) is 56.5 Å². The molecule has 34 heavy (non-hydrogen) atoms. The van der Waals surface area contributed by atoms with Crippen molar-refractivity contribution in [3.63, 3.8) is 0 Å².